The Bertz CT molecular complexity index is 1050. The summed E-state index contributed by atoms with van der Waals surface area (Å²) in [4.78, 5) is 0.255. The second kappa shape index (κ2) is 7.13. The smallest absolute Gasteiger partial charge is 0.240 e. The topological polar surface area (TPSA) is 60.3 Å². The van der Waals surface area contributed by atoms with Gasteiger partial charge in [-0.3, -0.25) is 0 Å². The van der Waals surface area contributed by atoms with Crippen molar-refractivity contribution in [2.75, 3.05) is 13.7 Å². The van der Waals surface area contributed by atoms with Crippen LogP contribution in [0, 0.1) is 13.8 Å². The van der Waals surface area contributed by atoms with Gasteiger partial charge in [-0.2, -0.15) is 0 Å². The molecule has 0 saturated carbocycles. The molecule has 0 fully saturated rings. The summed E-state index contributed by atoms with van der Waals surface area (Å²) >= 11 is 0. The molecule has 0 aliphatic heterocycles. The van der Waals surface area contributed by atoms with Crippen LogP contribution >= 0.6 is 0 Å². The lowest BCUT2D eigenvalue weighted by molar-refractivity contribution is 0.411. The highest BCUT2D eigenvalue weighted by molar-refractivity contribution is 7.89. The van der Waals surface area contributed by atoms with Crippen molar-refractivity contribution >= 4 is 20.9 Å². The van der Waals surface area contributed by atoms with Gasteiger partial charge in [-0.1, -0.05) is 18.2 Å². The number of sulfonamides is 1. The number of aromatic nitrogens is 1. The van der Waals surface area contributed by atoms with E-state index in [1.54, 1.807) is 25.3 Å². The standard InChI is InChI=1S/C20H24N2O3S/c1-14-13-16(9-10-20(14)25-4)26(23,24)21-12-11-17-15(2)22(3)19-8-6-5-7-18(17)19/h5-10,13,21H,11-12H2,1-4H3. The molecule has 3 aromatic rings. The zero-order valence-electron chi connectivity index (χ0n) is 15.5. The molecule has 0 bridgehead atoms. The highest BCUT2D eigenvalue weighted by Gasteiger charge is 2.16. The molecule has 138 valence electrons. The maximum absolute atomic E-state index is 12.6. The predicted octanol–water partition coefficient (Wildman–Crippen LogP) is 3.32. The summed E-state index contributed by atoms with van der Waals surface area (Å²) in [6, 6.07) is 13.1. The lowest BCUT2D eigenvalue weighted by Crippen LogP contribution is -2.26. The molecule has 6 heteroatoms. The third kappa shape index (κ3) is 3.34. The van der Waals surface area contributed by atoms with Gasteiger partial charge in [0.2, 0.25) is 10.0 Å². The fourth-order valence-corrected chi connectivity index (χ4v) is 4.44. The number of rotatable bonds is 6. The Labute approximate surface area is 154 Å². The molecule has 0 spiro atoms. The Hall–Kier alpha value is -2.31. The molecule has 1 aromatic heterocycles. The largest absolute Gasteiger partial charge is 0.496 e. The first-order chi connectivity index (χ1) is 12.3. The van der Waals surface area contributed by atoms with Crippen LogP contribution in [0.5, 0.6) is 5.75 Å². The number of aryl methyl sites for hydroxylation is 2. The summed E-state index contributed by atoms with van der Waals surface area (Å²) in [5, 5.41) is 1.17. The molecule has 3 rings (SSSR count). The molecule has 0 unspecified atom stereocenters. The van der Waals surface area contributed by atoms with E-state index in [-0.39, 0.29) is 4.90 Å². The van der Waals surface area contributed by atoms with E-state index in [1.807, 2.05) is 26.1 Å². The van der Waals surface area contributed by atoms with Crippen LogP contribution in [0.1, 0.15) is 16.8 Å². The number of fused-ring (bicyclic) bond motifs is 1. The molecular formula is C20H24N2O3S. The van der Waals surface area contributed by atoms with Crippen LogP contribution in [0.25, 0.3) is 10.9 Å². The van der Waals surface area contributed by atoms with Crippen LogP contribution in [-0.2, 0) is 23.5 Å². The quantitative estimate of drug-likeness (QED) is 0.722. The van der Waals surface area contributed by atoms with Gasteiger partial charge < -0.3 is 9.30 Å². The fraction of sp³-hybridized carbons (Fsp3) is 0.300. The zero-order valence-corrected chi connectivity index (χ0v) is 16.4. The summed E-state index contributed by atoms with van der Waals surface area (Å²) in [6.07, 6.45) is 0.640. The van der Waals surface area contributed by atoms with Crippen molar-refractivity contribution in [3.8, 4) is 5.75 Å². The average molecular weight is 372 g/mol. The van der Waals surface area contributed by atoms with Crippen LogP contribution < -0.4 is 9.46 Å². The summed E-state index contributed by atoms with van der Waals surface area (Å²) in [5.41, 5.74) is 4.29. The van der Waals surface area contributed by atoms with Crippen molar-refractivity contribution in [2.24, 2.45) is 7.05 Å². The van der Waals surface area contributed by atoms with Gasteiger partial charge >= 0.3 is 0 Å². The van der Waals surface area contributed by atoms with Crippen LogP contribution in [0.3, 0.4) is 0 Å². The first-order valence-corrected chi connectivity index (χ1v) is 10.0. The number of ether oxygens (including phenoxy) is 1. The first kappa shape index (κ1) is 18.5. The van der Waals surface area contributed by atoms with Gasteiger partial charge in [-0.15, -0.1) is 0 Å². The van der Waals surface area contributed by atoms with Gasteiger partial charge in [-0.05, 0) is 55.7 Å². The van der Waals surface area contributed by atoms with Crippen molar-refractivity contribution < 1.29 is 13.2 Å². The van der Waals surface area contributed by atoms with E-state index in [4.69, 9.17) is 4.74 Å². The van der Waals surface area contributed by atoms with Gasteiger partial charge in [0.25, 0.3) is 0 Å². The van der Waals surface area contributed by atoms with Crippen molar-refractivity contribution in [3.63, 3.8) is 0 Å². The van der Waals surface area contributed by atoms with E-state index in [0.29, 0.717) is 18.7 Å². The van der Waals surface area contributed by atoms with Crippen molar-refractivity contribution in [2.45, 2.75) is 25.2 Å². The van der Waals surface area contributed by atoms with Crippen LogP contribution in [-0.4, -0.2) is 26.6 Å². The minimum atomic E-state index is -3.55. The minimum Gasteiger partial charge on any atom is -0.496 e. The van der Waals surface area contributed by atoms with Crippen molar-refractivity contribution in [3.05, 3.63) is 59.3 Å². The number of methoxy groups -OCH3 is 1. The predicted molar refractivity (Wildman–Crippen MR) is 104 cm³/mol. The molecule has 0 aliphatic carbocycles. The van der Waals surface area contributed by atoms with E-state index in [1.165, 1.54) is 10.9 Å². The molecule has 1 heterocycles. The zero-order chi connectivity index (χ0) is 18.9. The van der Waals surface area contributed by atoms with E-state index in [2.05, 4.69) is 28.3 Å². The maximum atomic E-state index is 12.6. The van der Waals surface area contributed by atoms with Gasteiger partial charge in [0.1, 0.15) is 5.75 Å². The van der Waals surface area contributed by atoms with Crippen LogP contribution in [0.2, 0.25) is 0 Å². The third-order valence-electron chi connectivity index (χ3n) is 4.87. The van der Waals surface area contributed by atoms with Crippen LogP contribution in [0.15, 0.2) is 47.4 Å². The van der Waals surface area contributed by atoms with Gasteiger partial charge in [0.05, 0.1) is 12.0 Å². The monoisotopic (exact) mass is 372 g/mol. The highest BCUT2D eigenvalue weighted by Crippen LogP contribution is 2.25. The normalized spacial score (nSPS) is 11.8. The van der Waals surface area contributed by atoms with Gasteiger partial charge in [0.15, 0.2) is 0 Å². The molecule has 2 aromatic carbocycles. The average Bonchev–Trinajstić information content (AvgIpc) is 2.87. The number of benzene rings is 2. The number of hydrogen-bond acceptors (Lipinski definition) is 3. The molecule has 0 amide bonds. The summed E-state index contributed by atoms with van der Waals surface area (Å²) in [5.74, 6) is 0.676. The molecular weight excluding hydrogens is 348 g/mol. The minimum absolute atomic E-state index is 0.255. The van der Waals surface area contributed by atoms with Gasteiger partial charge in [0, 0.05) is 30.2 Å². The fourth-order valence-electron chi connectivity index (χ4n) is 3.33. The van der Waals surface area contributed by atoms with Gasteiger partial charge in [-0.25, -0.2) is 13.1 Å². The van der Waals surface area contributed by atoms with E-state index < -0.39 is 10.0 Å². The Kier molecular flexibility index (Phi) is 5.07. The number of nitrogens with zero attached hydrogens (tertiary/aromatic N) is 1. The highest BCUT2D eigenvalue weighted by atomic mass is 32.2. The Morgan fingerprint density at radius 2 is 1.85 bits per heavy atom. The van der Waals surface area contributed by atoms with Crippen LogP contribution in [0.4, 0.5) is 0 Å². The molecule has 0 radical (unpaired) electrons. The summed E-state index contributed by atoms with van der Waals surface area (Å²) < 4.78 is 35.2. The number of para-hydroxylation sites is 1. The SMILES string of the molecule is COc1ccc(S(=O)(=O)NCCc2c(C)n(C)c3ccccc23)cc1C. The first-order valence-electron chi connectivity index (χ1n) is 8.52. The Balaban J connectivity index is 1.77. The third-order valence-corrected chi connectivity index (χ3v) is 6.33. The summed E-state index contributed by atoms with van der Waals surface area (Å²) in [7, 11) is 0.0543. The molecule has 1 N–H and O–H groups in total. The number of nitrogens with one attached hydrogen (secondary N) is 1. The van der Waals surface area contributed by atoms with E-state index >= 15 is 0 Å². The lowest BCUT2D eigenvalue weighted by atomic mass is 10.1. The Morgan fingerprint density at radius 3 is 2.54 bits per heavy atom. The second-order valence-electron chi connectivity index (χ2n) is 6.42. The van der Waals surface area contributed by atoms with E-state index in [9.17, 15) is 8.42 Å². The number of hydrogen-bond donors (Lipinski definition) is 1. The van der Waals surface area contributed by atoms with Crippen molar-refractivity contribution in [1.82, 2.24) is 9.29 Å². The lowest BCUT2D eigenvalue weighted by Gasteiger charge is -2.10. The van der Waals surface area contributed by atoms with E-state index in [0.717, 1.165) is 16.8 Å². The second-order valence-corrected chi connectivity index (χ2v) is 8.19. The molecule has 0 atom stereocenters. The van der Waals surface area contributed by atoms with Crippen molar-refractivity contribution in [1.29, 1.82) is 0 Å². The molecule has 0 saturated heterocycles. The Morgan fingerprint density at radius 1 is 1.12 bits per heavy atom. The molecule has 26 heavy (non-hydrogen) atoms. The molecule has 5 nitrogen and oxygen atoms in total. The summed E-state index contributed by atoms with van der Waals surface area (Å²) in [6.45, 7) is 4.25. The molecule has 0 aliphatic rings. The maximum Gasteiger partial charge on any atom is 0.240 e.